The van der Waals surface area contributed by atoms with Gasteiger partial charge >= 0.3 is 0 Å². The van der Waals surface area contributed by atoms with E-state index in [2.05, 4.69) is 35.9 Å². The van der Waals surface area contributed by atoms with Gasteiger partial charge < -0.3 is 4.74 Å². The average molecular weight is 277 g/mol. The number of hydrogen-bond donors (Lipinski definition) is 0. The Morgan fingerprint density at radius 2 is 1.89 bits per heavy atom. The minimum absolute atomic E-state index is 0.358. The van der Waals surface area contributed by atoms with E-state index >= 15 is 0 Å². The van der Waals surface area contributed by atoms with E-state index in [1.165, 1.54) is 5.56 Å². The monoisotopic (exact) mass is 276 g/mol. The number of alkyl halides is 1. The SMILES string of the molecule is CCC(C)c1ccc(Oc2cnc(CCl)cn2)cc1. The lowest BCUT2D eigenvalue weighted by Gasteiger charge is -2.10. The minimum Gasteiger partial charge on any atom is -0.438 e. The molecule has 0 N–H and O–H groups in total. The molecule has 1 atom stereocenters. The number of nitrogens with zero attached hydrogens (tertiary/aromatic N) is 2. The van der Waals surface area contributed by atoms with E-state index in [9.17, 15) is 0 Å². The highest BCUT2D eigenvalue weighted by atomic mass is 35.5. The van der Waals surface area contributed by atoms with Gasteiger partial charge in [0, 0.05) is 0 Å². The predicted molar refractivity (Wildman–Crippen MR) is 76.8 cm³/mol. The normalized spacial score (nSPS) is 12.2. The fraction of sp³-hybridized carbons (Fsp3) is 0.333. The van der Waals surface area contributed by atoms with Gasteiger partial charge in [-0.3, -0.25) is 4.98 Å². The Morgan fingerprint density at radius 1 is 1.16 bits per heavy atom. The molecule has 1 unspecified atom stereocenters. The number of ether oxygens (including phenoxy) is 1. The molecule has 0 amide bonds. The number of rotatable bonds is 5. The van der Waals surface area contributed by atoms with Gasteiger partial charge in [0.2, 0.25) is 5.88 Å². The molecule has 0 saturated carbocycles. The summed E-state index contributed by atoms with van der Waals surface area (Å²) in [5.41, 5.74) is 2.06. The molecule has 1 heterocycles. The highest BCUT2D eigenvalue weighted by Crippen LogP contribution is 2.24. The first-order valence-electron chi connectivity index (χ1n) is 6.37. The summed E-state index contributed by atoms with van der Waals surface area (Å²) < 4.78 is 5.63. The van der Waals surface area contributed by atoms with Crippen molar-refractivity contribution in [3.05, 3.63) is 47.9 Å². The Labute approximate surface area is 118 Å². The lowest BCUT2D eigenvalue weighted by atomic mass is 9.99. The summed E-state index contributed by atoms with van der Waals surface area (Å²) in [6.45, 7) is 4.40. The van der Waals surface area contributed by atoms with Crippen LogP contribution in [0.15, 0.2) is 36.7 Å². The summed E-state index contributed by atoms with van der Waals surface area (Å²) in [6, 6.07) is 8.09. The molecule has 0 aliphatic rings. The maximum absolute atomic E-state index is 5.66. The lowest BCUT2D eigenvalue weighted by molar-refractivity contribution is 0.459. The zero-order chi connectivity index (χ0) is 13.7. The van der Waals surface area contributed by atoms with E-state index in [0.29, 0.717) is 17.7 Å². The molecule has 0 bridgehead atoms. The summed E-state index contributed by atoms with van der Waals surface area (Å²) in [5.74, 6) is 2.17. The van der Waals surface area contributed by atoms with Crippen LogP contribution in [0.25, 0.3) is 0 Å². The Hall–Kier alpha value is -1.61. The molecule has 0 radical (unpaired) electrons. The number of aromatic nitrogens is 2. The summed E-state index contributed by atoms with van der Waals surface area (Å²) in [7, 11) is 0. The van der Waals surface area contributed by atoms with Crippen molar-refractivity contribution in [1.29, 1.82) is 0 Å². The van der Waals surface area contributed by atoms with Crippen molar-refractivity contribution in [2.45, 2.75) is 32.1 Å². The van der Waals surface area contributed by atoms with Crippen LogP contribution in [0, 0.1) is 0 Å². The van der Waals surface area contributed by atoms with Gasteiger partial charge in [0.15, 0.2) is 0 Å². The molecule has 2 aromatic rings. The third kappa shape index (κ3) is 3.67. The fourth-order valence-electron chi connectivity index (χ4n) is 1.69. The van der Waals surface area contributed by atoms with Crippen LogP contribution in [-0.2, 0) is 5.88 Å². The van der Waals surface area contributed by atoms with E-state index in [1.807, 2.05) is 12.1 Å². The Bertz CT molecular complexity index is 511. The second-order valence-electron chi connectivity index (χ2n) is 4.46. The van der Waals surface area contributed by atoms with E-state index < -0.39 is 0 Å². The lowest BCUT2D eigenvalue weighted by Crippen LogP contribution is -1.93. The van der Waals surface area contributed by atoms with Crippen molar-refractivity contribution in [3.8, 4) is 11.6 Å². The molecule has 100 valence electrons. The van der Waals surface area contributed by atoms with Gasteiger partial charge in [0.1, 0.15) is 5.75 Å². The second-order valence-corrected chi connectivity index (χ2v) is 4.73. The van der Waals surface area contributed by atoms with Crippen LogP contribution in [0.1, 0.15) is 37.4 Å². The van der Waals surface area contributed by atoms with Crippen LogP contribution in [0.2, 0.25) is 0 Å². The van der Waals surface area contributed by atoms with Crippen molar-refractivity contribution < 1.29 is 4.74 Å². The first kappa shape index (κ1) is 13.8. The van der Waals surface area contributed by atoms with Gasteiger partial charge in [-0.2, -0.15) is 0 Å². The van der Waals surface area contributed by atoms with Crippen LogP contribution in [0.5, 0.6) is 11.6 Å². The van der Waals surface area contributed by atoms with E-state index in [4.69, 9.17) is 16.3 Å². The Morgan fingerprint density at radius 3 is 2.42 bits per heavy atom. The van der Waals surface area contributed by atoms with Gasteiger partial charge in [-0.05, 0) is 30.0 Å². The maximum atomic E-state index is 5.66. The van der Waals surface area contributed by atoms with Crippen molar-refractivity contribution in [2.75, 3.05) is 0 Å². The highest BCUT2D eigenvalue weighted by Gasteiger charge is 2.04. The first-order chi connectivity index (χ1) is 9.22. The minimum atomic E-state index is 0.358. The molecule has 3 nitrogen and oxygen atoms in total. The average Bonchev–Trinajstić information content (AvgIpc) is 2.48. The van der Waals surface area contributed by atoms with Crippen LogP contribution in [0.3, 0.4) is 0 Å². The topological polar surface area (TPSA) is 35.0 Å². The van der Waals surface area contributed by atoms with Crippen molar-refractivity contribution in [3.63, 3.8) is 0 Å². The third-order valence-corrected chi connectivity index (χ3v) is 3.38. The fourth-order valence-corrected chi connectivity index (χ4v) is 1.82. The van der Waals surface area contributed by atoms with Crippen molar-refractivity contribution >= 4 is 11.6 Å². The van der Waals surface area contributed by atoms with Crippen LogP contribution >= 0.6 is 11.6 Å². The van der Waals surface area contributed by atoms with Crippen molar-refractivity contribution in [2.24, 2.45) is 0 Å². The smallest absolute Gasteiger partial charge is 0.237 e. The first-order valence-corrected chi connectivity index (χ1v) is 6.91. The van der Waals surface area contributed by atoms with E-state index in [1.54, 1.807) is 12.4 Å². The third-order valence-electron chi connectivity index (χ3n) is 3.10. The van der Waals surface area contributed by atoms with Gasteiger partial charge in [-0.15, -0.1) is 11.6 Å². The highest BCUT2D eigenvalue weighted by molar-refractivity contribution is 6.16. The van der Waals surface area contributed by atoms with Crippen LogP contribution in [-0.4, -0.2) is 9.97 Å². The molecule has 19 heavy (non-hydrogen) atoms. The second kappa shape index (κ2) is 6.53. The Balaban J connectivity index is 2.06. The summed E-state index contributed by atoms with van der Waals surface area (Å²) in [4.78, 5) is 8.28. The molecule has 1 aromatic heterocycles. The molecule has 0 saturated heterocycles. The van der Waals surface area contributed by atoms with Gasteiger partial charge in [0.05, 0.1) is 24.0 Å². The molecule has 0 fully saturated rings. The molecular weight excluding hydrogens is 260 g/mol. The number of halogens is 1. The zero-order valence-corrected chi connectivity index (χ0v) is 11.9. The molecular formula is C15H17ClN2O. The molecule has 1 aromatic carbocycles. The molecule has 0 spiro atoms. The summed E-state index contributed by atoms with van der Waals surface area (Å²) >= 11 is 5.66. The van der Waals surface area contributed by atoms with Crippen molar-refractivity contribution in [1.82, 2.24) is 9.97 Å². The van der Waals surface area contributed by atoms with E-state index in [-0.39, 0.29) is 0 Å². The quantitative estimate of drug-likeness (QED) is 0.753. The Kier molecular flexibility index (Phi) is 4.74. The molecule has 4 heteroatoms. The maximum Gasteiger partial charge on any atom is 0.237 e. The zero-order valence-electron chi connectivity index (χ0n) is 11.1. The molecule has 0 aliphatic carbocycles. The van der Waals surface area contributed by atoms with Crippen LogP contribution < -0.4 is 4.74 Å². The summed E-state index contributed by atoms with van der Waals surface area (Å²) in [5, 5.41) is 0. The van der Waals surface area contributed by atoms with E-state index in [0.717, 1.165) is 17.9 Å². The predicted octanol–water partition coefficient (Wildman–Crippen LogP) is 4.52. The number of hydrogen-bond acceptors (Lipinski definition) is 3. The summed E-state index contributed by atoms with van der Waals surface area (Å²) in [6.07, 6.45) is 4.34. The standard InChI is InChI=1S/C15H17ClN2O/c1-3-11(2)12-4-6-14(7-5-12)19-15-10-17-13(8-16)9-18-15/h4-7,9-11H,3,8H2,1-2H3. The molecule has 0 aliphatic heterocycles. The van der Waals surface area contributed by atoms with Gasteiger partial charge in [-0.1, -0.05) is 26.0 Å². The molecule has 2 rings (SSSR count). The van der Waals surface area contributed by atoms with Gasteiger partial charge in [-0.25, -0.2) is 4.98 Å². The van der Waals surface area contributed by atoms with Crippen LogP contribution in [0.4, 0.5) is 0 Å². The largest absolute Gasteiger partial charge is 0.438 e. The number of benzene rings is 1. The van der Waals surface area contributed by atoms with Gasteiger partial charge in [0.25, 0.3) is 0 Å².